The Balaban J connectivity index is 3.22. The van der Waals surface area contributed by atoms with Crippen molar-refractivity contribution in [1.29, 1.82) is 0 Å². The Hall–Kier alpha value is -2.78. The van der Waals surface area contributed by atoms with Gasteiger partial charge in [0, 0.05) is 5.56 Å². The summed E-state index contributed by atoms with van der Waals surface area (Å²) in [5.74, 6) is -2.80. The van der Waals surface area contributed by atoms with Crippen LogP contribution in [-0.2, 0) is 11.0 Å². The van der Waals surface area contributed by atoms with Gasteiger partial charge in [0.05, 0.1) is 11.3 Å². The molecule has 0 saturated heterocycles. The van der Waals surface area contributed by atoms with Crippen LogP contribution in [0.3, 0.4) is 0 Å². The fourth-order valence-electron chi connectivity index (χ4n) is 1.38. The molecule has 0 spiro atoms. The number of benzene rings is 1. The van der Waals surface area contributed by atoms with Crippen LogP contribution in [0.5, 0.6) is 0 Å². The summed E-state index contributed by atoms with van der Waals surface area (Å²) in [6.07, 6.45) is -4.71. The van der Waals surface area contributed by atoms with Crippen LogP contribution in [0.2, 0.25) is 0 Å². The van der Waals surface area contributed by atoms with E-state index >= 15 is 0 Å². The van der Waals surface area contributed by atoms with Crippen LogP contribution in [0.4, 0.5) is 18.9 Å². The van der Waals surface area contributed by atoms with Crippen molar-refractivity contribution < 1.29 is 27.9 Å². The molecule has 114 valence electrons. The summed E-state index contributed by atoms with van der Waals surface area (Å²) in [7, 11) is 0. The third-order valence-corrected chi connectivity index (χ3v) is 2.17. The second-order valence-corrected chi connectivity index (χ2v) is 3.88. The molecule has 7 nitrogen and oxygen atoms in total. The molecule has 6 N–H and O–H groups in total. The second kappa shape index (κ2) is 6.11. The number of hydrogen-bond donors (Lipinski definition) is 4. The number of nitrogens with one attached hydrogen (secondary N) is 1. The molecule has 1 aromatic rings. The predicted octanol–water partition coefficient (Wildman–Crippen LogP) is 0.425. The fourth-order valence-corrected chi connectivity index (χ4v) is 1.38. The molecular weight excluding hydrogens is 293 g/mol. The number of carboxylic acids is 1. The number of nitrogens with zero attached hydrogens (tertiary/aromatic N) is 1. The summed E-state index contributed by atoms with van der Waals surface area (Å²) in [4.78, 5) is 25.4. The number of guanidine groups is 1. The minimum Gasteiger partial charge on any atom is -0.480 e. The van der Waals surface area contributed by atoms with Crippen LogP contribution >= 0.6 is 0 Å². The maximum absolute atomic E-state index is 12.7. The standard InChI is InChI=1S/C11H11F3N4O3/c12-11(13,14)6-1-5(9(21)17-4-8(19)20)2-7(3-6)18-10(15)16/h1-3H,4H2,(H,17,21)(H,19,20)(H4,15,16,18). The summed E-state index contributed by atoms with van der Waals surface area (Å²) in [5.41, 5.74) is 8.34. The molecule has 0 radical (unpaired) electrons. The Bertz CT molecular complexity index is 595. The largest absolute Gasteiger partial charge is 0.480 e. The Labute approximate surface area is 116 Å². The first-order valence-corrected chi connectivity index (χ1v) is 5.41. The quantitative estimate of drug-likeness (QED) is 0.473. The minimum absolute atomic E-state index is 0.273. The molecule has 0 saturated carbocycles. The Morgan fingerprint density at radius 3 is 2.33 bits per heavy atom. The number of halogens is 3. The van der Waals surface area contributed by atoms with E-state index in [1.165, 1.54) is 0 Å². The van der Waals surface area contributed by atoms with Crippen molar-refractivity contribution in [1.82, 2.24) is 5.32 Å². The molecule has 0 aromatic heterocycles. The lowest BCUT2D eigenvalue weighted by Crippen LogP contribution is -2.29. The van der Waals surface area contributed by atoms with E-state index in [1.807, 2.05) is 5.32 Å². The molecule has 0 aliphatic rings. The molecule has 1 amide bonds. The van der Waals surface area contributed by atoms with Gasteiger partial charge in [0.1, 0.15) is 6.54 Å². The molecule has 0 aliphatic carbocycles. The number of alkyl halides is 3. The number of rotatable bonds is 4. The number of amides is 1. The smallest absolute Gasteiger partial charge is 0.416 e. The molecule has 0 aliphatic heterocycles. The number of hydrogen-bond acceptors (Lipinski definition) is 3. The van der Waals surface area contributed by atoms with Gasteiger partial charge in [-0.25, -0.2) is 4.99 Å². The molecule has 0 fully saturated rings. The lowest BCUT2D eigenvalue weighted by atomic mass is 10.1. The first-order valence-electron chi connectivity index (χ1n) is 5.41. The number of carbonyl (C=O) groups excluding carboxylic acids is 1. The van der Waals surface area contributed by atoms with Gasteiger partial charge in [0.25, 0.3) is 5.91 Å². The average molecular weight is 304 g/mol. The van der Waals surface area contributed by atoms with Gasteiger partial charge < -0.3 is 21.9 Å². The van der Waals surface area contributed by atoms with Gasteiger partial charge in [0.15, 0.2) is 5.96 Å². The number of aliphatic imine (C=N–C) groups is 1. The van der Waals surface area contributed by atoms with Crippen LogP contribution in [-0.4, -0.2) is 29.5 Å². The SMILES string of the molecule is NC(N)=Nc1cc(C(=O)NCC(=O)O)cc(C(F)(F)F)c1. The van der Waals surface area contributed by atoms with Crippen LogP contribution in [0, 0.1) is 0 Å². The Kier molecular flexibility index (Phi) is 4.74. The van der Waals surface area contributed by atoms with E-state index in [9.17, 15) is 22.8 Å². The lowest BCUT2D eigenvalue weighted by Gasteiger charge is -2.10. The lowest BCUT2D eigenvalue weighted by molar-refractivity contribution is -0.138. The van der Waals surface area contributed by atoms with Crippen LogP contribution in [0.25, 0.3) is 0 Å². The molecule has 21 heavy (non-hydrogen) atoms. The maximum Gasteiger partial charge on any atom is 0.416 e. The van der Waals surface area contributed by atoms with Gasteiger partial charge in [-0.3, -0.25) is 9.59 Å². The zero-order valence-electron chi connectivity index (χ0n) is 10.4. The van der Waals surface area contributed by atoms with Crippen LogP contribution in [0.15, 0.2) is 23.2 Å². The first kappa shape index (κ1) is 16.3. The molecule has 1 aromatic carbocycles. The minimum atomic E-state index is -4.71. The number of nitrogens with two attached hydrogens (primary N) is 2. The van der Waals surface area contributed by atoms with E-state index in [1.54, 1.807) is 0 Å². The normalized spacial score (nSPS) is 10.8. The zero-order valence-corrected chi connectivity index (χ0v) is 10.4. The summed E-state index contributed by atoms with van der Waals surface area (Å²) in [6, 6.07) is 2.24. The van der Waals surface area contributed by atoms with Gasteiger partial charge in [-0.2, -0.15) is 13.2 Å². The van der Waals surface area contributed by atoms with Crippen LogP contribution < -0.4 is 16.8 Å². The predicted molar refractivity (Wildman–Crippen MR) is 66.9 cm³/mol. The highest BCUT2D eigenvalue weighted by Crippen LogP contribution is 2.32. The van der Waals surface area contributed by atoms with Crippen LogP contribution in [0.1, 0.15) is 15.9 Å². The molecule has 0 atom stereocenters. The van der Waals surface area contributed by atoms with Crippen molar-refractivity contribution in [3.8, 4) is 0 Å². The van der Waals surface area contributed by atoms with Gasteiger partial charge in [0.2, 0.25) is 0 Å². The monoisotopic (exact) mass is 304 g/mol. The van der Waals surface area contributed by atoms with E-state index in [0.29, 0.717) is 12.1 Å². The van der Waals surface area contributed by atoms with Crippen molar-refractivity contribution in [2.24, 2.45) is 16.5 Å². The summed E-state index contributed by atoms with van der Waals surface area (Å²) >= 11 is 0. The topological polar surface area (TPSA) is 131 Å². The maximum atomic E-state index is 12.7. The average Bonchev–Trinajstić information content (AvgIpc) is 2.33. The van der Waals surface area contributed by atoms with E-state index in [2.05, 4.69) is 4.99 Å². The Morgan fingerprint density at radius 2 is 1.86 bits per heavy atom. The van der Waals surface area contributed by atoms with Crippen molar-refractivity contribution in [3.05, 3.63) is 29.3 Å². The third kappa shape index (κ3) is 5.01. The van der Waals surface area contributed by atoms with Gasteiger partial charge in [-0.15, -0.1) is 0 Å². The summed E-state index contributed by atoms with van der Waals surface area (Å²) < 4.78 is 38.2. The van der Waals surface area contributed by atoms with Crippen molar-refractivity contribution >= 4 is 23.5 Å². The zero-order chi connectivity index (χ0) is 16.2. The van der Waals surface area contributed by atoms with Crippen molar-refractivity contribution in [2.75, 3.05) is 6.54 Å². The first-order chi connectivity index (χ1) is 9.59. The third-order valence-electron chi connectivity index (χ3n) is 2.17. The molecule has 10 heteroatoms. The number of aliphatic carboxylic acids is 1. The highest BCUT2D eigenvalue weighted by Gasteiger charge is 2.31. The molecule has 0 heterocycles. The molecule has 1 rings (SSSR count). The summed E-state index contributed by atoms with van der Waals surface area (Å²) in [5, 5.41) is 10.4. The van der Waals surface area contributed by atoms with E-state index < -0.39 is 41.7 Å². The molecule has 0 unspecified atom stereocenters. The van der Waals surface area contributed by atoms with Crippen molar-refractivity contribution in [3.63, 3.8) is 0 Å². The van der Waals surface area contributed by atoms with E-state index in [4.69, 9.17) is 16.6 Å². The molecular formula is C11H11F3N4O3. The fraction of sp³-hybridized carbons (Fsp3) is 0.182. The highest BCUT2D eigenvalue weighted by atomic mass is 19.4. The van der Waals surface area contributed by atoms with Crippen molar-refractivity contribution in [2.45, 2.75) is 6.18 Å². The van der Waals surface area contributed by atoms with Gasteiger partial charge >= 0.3 is 12.1 Å². The number of carboxylic acid groups (broad SMARTS) is 1. The molecule has 0 bridgehead atoms. The van der Waals surface area contributed by atoms with E-state index in [0.717, 1.165) is 6.07 Å². The highest BCUT2D eigenvalue weighted by molar-refractivity contribution is 5.97. The second-order valence-electron chi connectivity index (χ2n) is 3.88. The number of carbonyl (C=O) groups is 2. The summed E-state index contributed by atoms with van der Waals surface area (Å²) in [6.45, 7) is -0.729. The van der Waals surface area contributed by atoms with Gasteiger partial charge in [-0.05, 0) is 18.2 Å². The van der Waals surface area contributed by atoms with E-state index in [-0.39, 0.29) is 5.69 Å². The van der Waals surface area contributed by atoms with Gasteiger partial charge in [-0.1, -0.05) is 0 Å². The Morgan fingerprint density at radius 1 is 1.24 bits per heavy atom.